The molecule has 24 heavy (non-hydrogen) atoms. The SMILES string of the molecule is Cc1c(O)ccc2c(COC(=O)c3ccccc3Br)cc(=O)oc12. The second kappa shape index (κ2) is 6.49. The van der Waals surface area contributed by atoms with Crippen molar-refractivity contribution in [2.75, 3.05) is 0 Å². The Labute approximate surface area is 145 Å². The van der Waals surface area contributed by atoms with Gasteiger partial charge in [0, 0.05) is 27.1 Å². The van der Waals surface area contributed by atoms with Crippen molar-refractivity contribution in [1.82, 2.24) is 0 Å². The molecule has 0 saturated carbocycles. The number of hydrogen-bond donors (Lipinski definition) is 1. The molecule has 0 unspecified atom stereocenters. The predicted molar refractivity (Wildman–Crippen MR) is 92.1 cm³/mol. The second-order valence-electron chi connectivity index (χ2n) is 5.23. The molecule has 0 aliphatic heterocycles. The molecule has 3 aromatic rings. The van der Waals surface area contributed by atoms with E-state index >= 15 is 0 Å². The largest absolute Gasteiger partial charge is 0.508 e. The monoisotopic (exact) mass is 388 g/mol. The number of halogens is 1. The average molecular weight is 389 g/mol. The van der Waals surface area contributed by atoms with Gasteiger partial charge in [0.15, 0.2) is 0 Å². The second-order valence-corrected chi connectivity index (χ2v) is 6.09. The van der Waals surface area contributed by atoms with E-state index in [1.54, 1.807) is 37.3 Å². The fraction of sp³-hybridized carbons (Fsp3) is 0.111. The molecule has 1 heterocycles. The van der Waals surface area contributed by atoms with Gasteiger partial charge in [-0.15, -0.1) is 0 Å². The van der Waals surface area contributed by atoms with Gasteiger partial charge in [0.25, 0.3) is 0 Å². The van der Waals surface area contributed by atoms with Crippen molar-refractivity contribution in [3.63, 3.8) is 0 Å². The van der Waals surface area contributed by atoms with Crippen LogP contribution in [-0.2, 0) is 11.3 Å². The number of carbonyl (C=O) groups excluding carboxylic acids is 1. The minimum absolute atomic E-state index is 0.0352. The summed E-state index contributed by atoms with van der Waals surface area (Å²) in [5, 5.41) is 10.4. The van der Waals surface area contributed by atoms with Crippen molar-refractivity contribution in [3.8, 4) is 5.75 Å². The molecule has 0 bridgehead atoms. The van der Waals surface area contributed by atoms with E-state index in [9.17, 15) is 14.7 Å². The first kappa shape index (κ1) is 16.3. The molecule has 0 atom stereocenters. The number of carbonyl (C=O) groups is 1. The fourth-order valence-electron chi connectivity index (χ4n) is 2.38. The van der Waals surface area contributed by atoms with Gasteiger partial charge in [0.05, 0.1) is 5.56 Å². The molecule has 0 fully saturated rings. The molecule has 0 aliphatic carbocycles. The molecule has 1 aromatic heterocycles. The van der Waals surface area contributed by atoms with Gasteiger partial charge in [-0.25, -0.2) is 9.59 Å². The number of phenols is 1. The Morgan fingerprint density at radius 3 is 2.75 bits per heavy atom. The third kappa shape index (κ3) is 3.05. The first-order chi connectivity index (χ1) is 11.5. The maximum Gasteiger partial charge on any atom is 0.339 e. The average Bonchev–Trinajstić information content (AvgIpc) is 2.56. The molecule has 0 aliphatic rings. The van der Waals surface area contributed by atoms with Gasteiger partial charge >= 0.3 is 11.6 Å². The molecular formula is C18H13BrO5. The number of aryl methyl sites for hydroxylation is 1. The lowest BCUT2D eigenvalue weighted by Gasteiger charge is -2.09. The van der Waals surface area contributed by atoms with Gasteiger partial charge < -0.3 is 14.3 Å². The first-order valence-electron chi connectivity index (χ1n) is 7.14. The van der Waals surface area contributed by atoms with Crippen LogP contribution in [-0.4, -0.2) is 11.1 Å². The maximum absolute atomic E-state index is 12.2. The van der Waals surface area contributed by atoms with Crippen LogP contribution in [0.3, 0.4) is 0 Å². The summed E-state index contributed by atoms with van der Waals surface area (Å²) in [4.78, 5) is 23.9. The molecule has 3 rings (SSSR count). The number of aromatic hydroxyl groups is 1. The van der Waals surface area contributed by atoms with Crippen LogP contribution in [0.15, 0.2) is 56.1 Å². The summed E-state index contributed by atoms with van der Waals surface area (Å²) >= 11 is 3.30. The predicted octanol–water partition coefficient (Wildman–Crippen LogP) is 3.93. The van der Waals surface area contributed by atoms with Crippen LogP contribution in [0.5, 0.6) is 5.75 Å². The number of rotatable bonds is 3. The Morgan fingerprint density at radius 1 is 1.25 bits per heavy atom. The normalized spacial score (nSPS) is 10.8. The van der Waals surface area contributed by atoms with Crippen LogP contribution >= 0.6 is 15.9 Å². The summed E-state index contributed by atoms with van der Waals surface area (Å²) in [6.07, 6.45) is 0. The Bertz CT molecular complexity index is 990. The van der Waals surface area contributed by atoms with Gasteiger partial charge in [-0.05, 0) is 47.1 Å². The topological polar surface area (TPSA) is 76.7 Å². The molecule has 0 amide bonds. The third-order valence-electron chi connectivity index (χ3n) is 3.67. The van der Waals surface area contributed by atoms with Crippen molar-refractivity contribution >= 4 is 32.9 Å². The highest BCUT2D eigenvalue weighted by Gasteiger charge is 2.14. The van der Waals surface area contributed by atoms with Gasteiger partial charge in [-0.1, -0.05) is 12.1 Å². The number of benzene rings is 2. The van der Waals surface area contributed by atoms with Crippen molar-refractivity contribution in [1.29, 1.82) is 0 Å². The zero-order valence-corrected chi connectivity index (χ0v) is 14.3. The minimum atomic E-state index is -0.567. The van der Waals surface area contributed by atoms with E-state index in [1.165, 1.54) is 12.1 Å². The highest BCUT2D eigenvalue weighted by atomic mass is 79.9. The summed E-state index contributed by atoms with van der Waals surface area (Å²) in [5.74, 6) is -0.465. The van der Waals surface area contributed by atoms with E-state index in [1.807, 2.05) is 0 Å². The molecule has 0 saturated heterocycles. The van der Waals surface area contributed by atoms with Crippen LogP contribution in [0, 0.1) is 6.92 Å². The van der Waals surface area contributed by atoms with Crippen molar-refractivity contribution in [3.05, 3.63) is 74.0 Å². The summed E-state index contributed by atoms with van der Waals surface area (Å²) in [7, 11) is 0. The number of hydrogen-bond acceptors (Lipinski definition) is 5. The van der Waals surface area contributed by atoms with Gasteiger partial charge in [-0.3, -0.25) is 0 Å². The molecule has 6 heteroatoms. The van der Waals surface area contributed by atoms with Crippen LogP contribution < -0.4 is 5.63 Å². The summed E-state index contributed by atoms with van der Waals surface area (Å²) in [6.45, 7) is 1.57. The smallest absolute Gasteiger partial charge is 0.339 e. The van der Waals surface area contributed by atoms with Gasteiger partial charge in [0.1, 0.15) is 17.9 Å². The number of fused-ring (bicyclic) bond motifs is 1. The highest BCUT2D eigenvalue weighted by molar-refractivity contribution is 9.10. The molecule has 0 spiro atoms. The molecule has 1 N–H and O–H groups in total. The van der Waals surface area contributed by atoms with Crippen LogP contribution in [0.2, 0.25) is 0 Å². The van der Waals surface area contributed by atoms with Gasteiger partial charge in [0.2, 0.25) is 0 Å². The lowest BCUT2D eigenvalue weighted by Crippen LogP contribution is -2.08. The number of esters is 1. The van der Waals surface area contributed by atoms with Gasteiger partial charge in [-0.2, -0.15) is 0 Å². The molecular weight excluding hydrogens is 376 g/mol. The van der Waals surface area contributed by atoms with E-state index in [-0.39, 0.29) is 17.9 Å². The summed E-state index contributed by atoms with van der Waals surface area (Å²) in [6, 6.07) is 11.3. The Kier molecular flexibility index (Phi) is 4.40. The molecule has 5 nitrogen and oxygen atoms in total. The number of phenolic OH excluding ortho intramolecular Hbond substituents is 1. The number of ether oxygens (including phenoxy) is 1. The fourth-order valence-corrected chi connectivity index (χ4v) is 2.83. The lowest BCUT2D eigenvalue weighted by atomic mass is 10.1. The van der Waals surface area contributed by atoms with Crippen molar-refractivity contribution in [2.45, 2.75) is 13.5 Å². The maximum atomic E-state index is 12.2. The zero-order chi connectivity index (χ0) is 17.3. The van der Waals surface area contributed by atoms with Crippen LogP contribution in [0.25, 0.3) is 11.0 Å². The highest BCUT2D eigenvalue weighted by Crippen LogP contribution is 2.28. The van der Waals surface area contributed by atoms with E-state index in [0.29, 0.717) is 26.5 Å². The zero-order valence-electron chi connectivity index (χ0n) is 12.7. The Hall–Kier alpha value is -2.60. The van der Waals surface area contributed by atoms with E-state index < -0.39 is 11.6 Å². The summed E-state index contributed by atoms with van der Waals surface area (Å²) in [5.41, 5.74) is 1.10. The standard InChI is InChI=1S/C18H13BrO5/c1-10-15(20)7-6-12-11(8-16(21)24-17(10)12)9-23-18(22)13-4-2-3-5-14(13)19/h2-8,20H,9H2,1H3. The summed E-state index contributed by atoms with van der Waals surface area (Å²) < 4.78 is 11.1. The van der Waals surface area contributed by atoms with Crippen molar-refractivity contribution < 1.29 is 19.1 Å². The quantitative estimate of drug-likeness (QED) is 0.543. The minimum Gasteiger partial charge on any atom is -0.508 e. The van der Waals surface area contributed by atoms with Crippen LogP contribution in [0.1, 0.15) is 21.5 Å². The third-order valence-corrected chi connectivity index (χ3v) is 4.36. The van der Waals surface area contributed by atoms with E-state index in [4.69, 9.17) is 9.15 Å². The first-order valence-corrected chi connectivity index (χ1v) is 7.93. The lowest BCUT2D eigenvalue weighted by molar-refractivity contribution is 0.0472. The van der Waals surface area contributed by atoms with Crippen molar-refractivity contribution in [2.24, 2.45) is 0 Å². The van der Waals surface area contributed by atoms with E-state index in [2.05, 4.69) is 15.9 Å². The van der Waals surface area contributed by atoms with E-state index in [0.717, 1.165) is 0 Å². The van der Waals surface area contributed by atoms with Crippen LogP contribution in [0.4, 0.5) is 0 Å². The molecule has 0 radical (unpaired) electrons. The Balaban J connectivity index is 1.94. The molecule has 2 aromatic carbocycles. The molecule has 122 valence electrons. The Morgan fingerprint density at radius 2 is 2.00 bits per heavy atom.